The molecule has 0 fully saturated rings. The monoisotopic (exact) mass is 400 g/mol. The Bertz CT molecular complexity index is 1110. The number of hydrogen-bond donors (Lipinski definition) is 3. The zero-order valence-corrected chi connectivity index (χ0v) is 15.9. The largest absolute Gasteiger partial charge is 0.509 e. The zero-order valence-electron chi connectivity index (χ0n) is 14.3. The van der Waals surface area contributed by atoms with E-state index in [0.717, 1.165) is 15.8 Å². The Hall–Kier alpha value is -2.77. The van der Waals surface area contributed by atoms with Gasteiger partial charge in [0.05, 0.1) is 21.7 Å². The molecule has 3 aromatic rings. The van der Waals surface area contributed by atoms with Gasteiger partial charge in [-0.05, 0) is 31.2 Å². The standard InChI is InChI=1S/C18H16N4O3S2/c1-12-6-8-13(9-7-12)27(24,25)22-20-11-16(23)14(10-19)18-21-15-4-2-3-5-17(15)26-18/h2-9,20,22-23H,11H2,1H3/b16-14-. The minimum atomic E-state index is -3.78. The molecule has 0 saturated carbocycles. The number of nitrogens with zero attached hydrogens (tertiary/aromatic N) is 2. The normalized spacial score (nSPS) is 12.6. The lowest BCUT2D eigenvalue weighted by atomic mass is 10.2. The summed E-state index contributed by atoms with van der Waals surface area (Å²) in [6.45, 7) is 1.60. The maximum Gasteiger partial charge on any atom is 0.253 e. The summed E-state index contributed by atoms with van der Waals surface area (Å²) >= 11 is 1.28. The summed E-state index contributed by atoms with van der Waals surface area (Å²) in [4.78, 5) is 6.61. The predicted molar refractivity (Wildman–Crippen MR) is 104 cm³/mol. The van der Waals surface area contributed by atoms with Crippen LogP contribution >= 0.6 is 11.3 Å². The van der Waals surface area contributed by atoms with Gasteiger partial charge in [-0.3, -0.25) is 0 Å². The van der Waals surface area contributed by atoms with Crippen molar-refractivity contribution in [3.05, 3.63) is 64.9 Å². The minimum Gasteiger partial charge on any atom is -0.509 e. The van der Waals surface area contributed by atoms with Crippen LogP contribution in [-0.4, -0.2) is 25.1 Å². The molecule has 0 saturated heterocycles. The van der Waals surface area contributed by atoms with E-state index in [1.807, 2.05) is 37.3 Å². The second kappa shape index (κ2) is 7.85. The molecular formula is C18H16N4O3S2. The topological polar surface area (TPSA) is 115 Å². The molecule has 2 aromatic carbocycles. The van der Waals surface area contributed by atoms with Crippen LogP contribution in [0.5, 0.6) is 0 Å². The van der Waals surface area contributed by atoms with Gasteiger partial charge in [0.1, 0.15) is 22.4 Å². The van der Waals surface area contributed by atoms with Crippen LogP contribution in [0.25, 0.3) is 15.8 Å². The summed E-state index contributed by atoms with van der Waals surface area (Å²) in [7, 11) is -3.78. The van der Waals surface area contributed by atoms with Gasteiger partial charge < -0.3 is 5.11 Å². The van der Waals surface area contributed by atoms with Crippen molar-refractivity contribution in [2.24, 2.45) is 0 Å². The molecule has 0 aliphatic rings. The fourth-order valence-electron chi connectivity index (χ4n) is 2.29. The van der Waals surface area contributed by atoms with Crippen LogP contribution in [-0.2, 0) is 10.0 Å². The van der Waals surface area contributed by atoms with E-state index < -0.39 is 10.0 Å². The van der Waals surface area contributed by atoms with Gasteiger partial charge in [0, 0.05) is 0 Å². The third-order valence-electron chi connectivity index (χ3n) is 3.70. The first-order chi connectivity index (χ1) is 12.9. The van der Waals surface area contributed by atoms with Crippen molar-refractivity contribution in [3.8, 4) is 6.07 Å². The fourth-order valence-corrected chi connectivity index (χ4v) is 4.15. The Morgan fingerprint density at radius 2 is 1.93 bits per heavy atom. The van der Waals surface area contributed by atoms with Gasteiger partial charge in [-0.15, -0.1) is 16.2 Å². The van der Waals surface area contributed by atoms with Gasteiger partial charge in [0.2, 0.25) is 0 Å². The number of para-hydroxylation sites is 1. The highest BCUT2D eigenvalue weighted by molar-refractivity contribution is 7.89. The summed E-state index contributed by atoms with van der Waals surface area (Å²) in [6.07, 6.45) is 0. The van der Waals surface area contributed by atoms with Crippen molar-refractivity contribution >= 4 is 37.1 Å². The van der Waals surface area contributed by atoms with Crippen molar-refractivity contribution < 1.29 is 13.5 Å². The van der Waals surface area contributed by atoms with Gasteiger partial charge in [0.15, 0.2) is 0 Å². The highest BCUT2D eigenvalue weighted by atomic mass is 32.2. The first-order valence-corrected chi connectivity index (χ1v) is 10.2. The summed E-state index contributed by atoms with van der Waals surface area (Å²) in [5.74, 6) is -0.303. The Balaban J connectivity index is 1.73. The number of hydrazine groups is 1. The predicted octanol–water partition coefficient (Wildman–Crippen LogP) is 2.88. The van der Waals surface area contributed by atoms with Crippen LogP contribution in [0.2, 0.25) is 0 Å². The Kier molecular flexibility index (Phi) is 5.53. The van der Waals surface area contributed by atoms with E-state index in [9.17, 15) is 18.8 Å². The van der Waals surface area contributed by atoms with Crippen molar-refractivity contribution in [1.82, 2.24) is 15.2 Å². The number of thiazole rings is 1. The van der Waals surface area contributed by atoms with Crippen molar-refractivity contribution in [2.45, 2.75) is 11.8 Å². The van der Waals surface area contributed by atoms with Crippen LogP contribution in [0.15, 0.2) is 59.2 Å². The summed E-state index contributed by atoms with van der Waals surface area (Å²) in [5, 5.41) is 20.0. The van der Waals surface area contributed by atoms with Crippen LogP contribution in [0.4, 0.5) is 0 Å². The van der Waals surface area contributed by atoms with E-state index in [2.05, 4.69) is 15.2 Å². The number of rotatable bonds is 6. The molecule has 7 nitrogen and oxygen atoms in total. The number of aliphatic hydroxyl groups is 1. The number of fused-ring (bicyclic) bond motifs is 1. The van der Waals surface area contributed by atoms with Crippen LogP contribution in [0.3, 0.4) is 0 Å². The highest BCUT2D eigenvalue weighted by Crippen LogP contribution is 2.27. The molecule has 0 bridgehead atoms. The molecule has 3 rings (SSSR count). The molecule has 1 aromatic heterocycles. The average molecular weight is 400 g/mol. The smallest absolute Gasteiger partial charge is 0.253 e. The molecule has 1 heterocycles. The number of benzene rings is 2. The first kappa shape index (κ1) is 19.0. The summed E-state index contributed by atoms with van der Waals surface area (Å²) in [5.41, 5.74) is 4.10. The van der Waals surface area contributed by atoms with Crippen LogP contribution in [0.1, 0.15) is 10.6 Å². The summed E-state index contributed by atoms with van der Waals surface area (Å²) < 4.78 is 25.3. The number of aliphatic hydroxyl groups excluding tert-OH is 1. The molecule has 0 atom stereocenters. The van der Waals surface area contributed by atoms with E-state index in [1.54, 1.807) is 12.1 Å². The van der Waals surface area contributed by atoms with Gasteiger partial charge in [0.25, 0.3) is 10.0 Å². The lowest BCUT2D eigenvalue weighted by molar-refractivity contribution is 0.389. The van der Waals surface area contributed by atoms with Gasteiger partial charge in [-0.25, -0.2) is 18.8 Å². The zero-order chi connectivity index (χ0) is 19.4. The fraction of sp³-hybridized carbons (Fsp3) is 0.111. The molecule has 0 unspecified atom stereocenters. The Labute approximate surface area is 160 Å². The van der Waals surface area contributed by atoms with E-state index in [-0.39, 0.29) is 22.8 Å². The third kappa shape index (κ3) is 4.32. The molecule has 0 radical (unpaired) electrons. The lowest BCUT2D eigenvalue weighted by Gasteiger charge is -2.09. The molecule has 0 spiro atoms. The second-order valence-electron chi connectivity index (χ2n) is 5.69. The number of nitriles is 1. The SMILES string of the molecule is Cc1ccc(S(=O)(=O)NNC/C(O)=C(\C#N)c2nc3ccccc3s2)cc1. The molecule has 0 aliphatic heterocycles. The average Bonchev–Trinajstić information content (AvgIpc) is 3.06. The number of allylic oxidation sites excluding steroid dienone is 1. The van der Waals surface area contributed by atoms with E-state index in [0.29, 0.717) is 5.01 Å². The highest BCUT2D eigenvalue weighted by Gasteiger charge is 2.16. The van der Waals surface area contributed by atoms with Crippen molar-refractivity contribution in [1.29, 1.82) is 5.26 Å². The molecular weight excluding hydrogens is 384 g/mol. The molecule has 0 aliphatic carbocycles. The van der Waals surface area contributed by atoms with E-state index in [4.69, 9.17) is 0 Å². The number of aromatic nitrogens is 1. The maximum absolute atomic E-state index is 12.2. The lowest BCUT2D eigenvalue weighted by Crippen LogP contribution is -2.38. The van der Waals surface area contributed by atoms with E-state index in [1.165, 1.54) is 23.5 Å². The van der Waals surface area contributed by atoms with Gasteiger partial charge >= 0.3 is 0 Å². The van der Waals surface area contributed by atoms with Crippen LogP contribution in [0, 0.1) is 18.3 Å². The number of hydrogen-bond acceptors (Lipinski definition) is 7. The third-order valence-corrected chi connectivity index (χ3v) is 6.06. The number of aryl methyl sites for hydroxylation is 1. The number of nitrogens with one attached hydrogen (secondary N) is 2. The van der Waals surface area contributed by atoms with Gasteiger partial charge in [-0.1, -0.05) is 29.8 Å². The van der Waals surface area contributed by atoms with Crippen molar-refractivity contribution in [3.63, 3.8) is 0 Å². The summed E-state index contributed by atoms with van der Waals surface area (Å²) in [6, 6.07) is 15.7. The first-order valence-electron chi connectivity index (χ1n) is 7.90. The molecule has 3 N–H and O–H groups in total. The van der Waals surface area contributed by atoms with E-state index >= 15 is 0 Å². The molecule has 9 heteroatoms. The second-order valence-corrected chi connectivity index (χ2v) is 8.41. The van der Waals surface area contributed by atoms with Gasteiger partial charge in [-0.2, -0.15) is 5.26 Å². The minimum absolute atomic E-state index is 0.00164. The quantitative estimate of drug-likeness (QED) is 0.333. The Morgan fingerprint density at radius 3 is 2.59 bits per heavy atom. The van der Waals surface area contributed by atoms with Crippen molar-refractivity contribution in [2.75, 3.05) is 6.54 Å². The number of sulfonamides is 1. The van der Waals surface area contributed by atoms with Crippen LogP contribution < -0.4 is 10.3 Å². The molecule has 138 valence electrons. The Morgan fingerprint density at radius 1 is 1.22 bits per heavy atom. The molecule has 0 amide bonds. The maximum atomic E-state index is 12.2. The molecule has 27 heavy (non-hydrogen) atoms.